The van der Waals surface area contributed by atoms with Gasteiger partial charge in [-0.15, -0.1) is 0 Å². The molecule has 2 N–H and O–H groups in total. The van der Waals surface area contributed by atoms with Gasteiger partial charge >= 0.3 is 0 Å². The third-order valence-electron chi connectivity index (χ3n) is 2.53. The highest BCUT2D eigenvalue weighted by molar-refractivity contribution is 5.83. The molecule has 0 saturated heterocycles. The molecule has 0 aromatic heterocycles. The third kappa shape index (κ3) is 1.63. The number of benzene rings is 1. The molecule has 2 rings (SSSR count). The zero-order chi connectivity index (χ0) is 11.1. The van der Waals surface area contributed by atoms with Gasteiger partial charge in [0.05, 0.1) is 0 Å². The van der Waals surface area contributed by atoms with Crippen molar-refractivity contribution in [2.45, 2.75) is 19.5 Å². The number of hydrogen-bond acceptors (Lipinski definition) is 2. The summed E-state index contributed by atoms with van der Waals surface area (Å²) >= 11 is 0. The van der Waals surface area contributed by atoms with E-state index in [2.05, 4.69) is 43.7 Å². The Morgan fingerprint density at radius 2 is 2.00 bits per heavy atom. The van der Waals surface area contributed by atoms with E-state index in [0.29, 0.717) is 0 Å². The van der Waals surface area contributed by atoms with Crippen molar-refractivity contribution in [3.05, 3.63) is 42.5 Å². The zero-order valence-corrected chi connectivity index (χ0v) is 9.22. The van der Waals surface area contributed by atoms with Crippen molar-refractivity contribution in [3.8, 4) is 0 Å². The van der Waals surface area contributed by atoms with E-state index in [-0.39, 0.29) is 5.66 Å². The molecule has 15 heavy (non-hydrogen) atoms. The second-order valence-corrected chi connectivity index (χ2v) is 4.33. The Morgan fingerprint density at radius 1 is 1.27 bits per heavy atom. The summed E-state index contributed by atoms with van der Waals surface area (Å²) in [5, 5.41) is 6.75. The normalized spacial score (nSPS) is 17.3. The Balaban J connectivity index is 2.59. The lowest BCUT2D eigenvalue weighted by atomic mass is 9.98. The Hall–Kier alpha value is -1.70. The lowest BCUT2D eigenvalue weighted by Gasteiger charge is -2.37. The lowest BCUT2D eigenvalue weighted by molar-refractivity contribution is 0.509. The fourth-order valence-electron chi connectivity index (χ4n) is 1.99. The number of fused-ring (bicyclic) bond motifs is 1. The van der Waals surface area contributed by atoms with Crippen molar-refractivity contribution in [2.75, 3.05) is 5.32 Å². The van der Waals surface area contributed by atoms with Crippen molar-refractivity contribution in [1.29, 1.82) is 0 Å². The fraction of sp³-hybridized carbons (Fsp3) is 0.231. The molecule has 0 atom stereocenters. The van der Waals surface area contributed by atoms with Gasteiger partial charge in [-0.1, -0.05) is 31.4 Å². The fourth-order valence-corrected chi connectivity index (χ4v) is 1.99. The molecule has 0 spiro atoms. The maximum atomic E-state index is 4.06. The van der Waals surface area contributed by atoms with Crippen LogP contribution in [0.5, 0.6) is 0 Å². The quantitative estimate of drug-likeness (QED) is 0.728. The maximum Gasteiger partial charge on any atom is 0.102 e. The highest BCUT2D eigenvalue weighted by atomic mass is 15.2. The molecule has 0 fully saturated rings. The summed E-state index contributed by atoms with van der Waals surface area (Å²) in [6, 6.07) is 6.13. The smallest absolute Gasteiger partial charge is 0.102 e. The van der Waals surface area contributed by atoms with Crippen LogP contribution in [0.4, 0.5) is 5.69 Å². The van der Waals surface area contributed by atoms with Gasteiger partial charge in [0.2, 0.25) is 0 Å². The Labute approximate surface area is 90.7 Å². The molecule has 0 saturated carbocycles. The first-order valence-corrected chi connectivity index (χ1v) is 5.04. The summed E-state index contributed by atoms with van der Waals surface area (Å²) in [5.74, 6) is 0. The van der Waals surface area contributed by atoms with Crippen LogP contribution >= 0.6 is 0 Å². The molecule has 1 aromatic carbocycles. The van der Waals surface area contributed by atoms with Crippen molar-refractivity contribution in [2.24, 2.45) is 0 Å². The standard InChI is InChI=1S/C13H16N2/c1-5-10-7-6-8-11-12(10)9(2)14-13(3,4)15-11/h5-8,14-15H,1-2H2,3-4H3. The SMILES string of the molecule is C=Cc1cccc2c1C(=C)NC(C)(C)N2. The first-order chi connectivity index (χ1) is 7.03. The van der Waals surface area contributed by atoms with E-state index in [1.807, 2.05) is 18.2 Å². The average molecular weight is 200 g/mol. The van der Waals surface area contributed by atoms with E-state index in [1.165, 1.54) is 0 Å². The monoisotopic (exact) mass is 200 g/mol. The van der Waals surface area contributed by atoms with E-state index in [9.17, 15) is 0 Å². The maximum absolute atomic E-state index is 4.06. The van der Waals surface area contributed by atoms with Gasteiger partial charge in [0.15, 0.2) is 0 Å². The summed E-state index contributed by atoms with van der Waals surface area (Å²) in [4.78, 5) is 0. The molecule has 2 heteroatoms. The Kier molecular flexibility index (Phi) is 2.07. The van der Waals surface area contributed by atoms with Gasteiger partial charge in [-0.2, -0.15) is 0 Å². The third-order valence-corrected chi connectivity index (χ3v) is 2.53. The van der Waals surface area contributed by atoms with Gasteiger partial charge in [-0.25, -0.2) is 0 Å². The number of hydrogen-bond donors (Lipinski definition) is 2. The average Bonchev–Trinajstić information content (AvgIpc) is 2.14. The molecule has 2 nitrogen and oxygen atoms in total. The van der Waals surface area contributed by atoms with Gasteiger partial charge in [0.1, 0.15) is 5.66 Å². The van der Waals surface area contributed by atoms with E-state index < -0.39 is 0 Å². The van der Waals surface area contributed by atoms with Crippen molar-refractivity contribution >= 4 is 17.5 Å². The van der Waals surface area contributed by atoms with Crippen LogP contribution in [-0.2, 0) is 0 Å². The van der Waals surface area contributed by atoms with Gasteiger partial charge in [-0.3, -0.25) is 0 Å². The molecule has 0 radical (unpaired) electrons. The number of anilines is 1. The summed E-state index contributed by atoms with van der Waals surface area (Å²) in [6.45, 7) is 12.0. The van der Waals surface area contributed by atoms with E-state index in [0.717, 1.165) is 22.5 Å². The first-order valence-electron chi connectivity index (χ1n) is 5.04. The van der Waals surface area contributed by atoms with Gasteiger partial charge < -0.3 is 10.6 Å². The van der Waals surface area contributed by atoms with E-state index in [1.54, 1.807) is 0 Å². The molecule has 0 bridgehead atoms. The molecule has 1 aliphatic heterocycles. The van der Waals surface area contributed by atoms with Crippen LogP contribution in [0.15, 0.2) is 31.4 Å². The molecular weight excluding hydrogens is 184 g/mol. The number of nitrogens with one attached hydrogen (secondary N) is 2. The topological polar surface area (TPSA) is 24.1 Å². The Morgan fingerprint density at radius 3 is 2.67 bits per heavy atom. The molecular formula is C13H16N2. The summed E-state index contributed by atoms with van der Waals surface area (Å²) in [5.41, 5.74) is 4.13. The second-order valence-electron chi connectivity index (χ2n) is 4.33. The predicted octanol–water partition coefficient (Wildman–Crippen LogP) is 3.05. The predicted molar refractivity (Wildman–Crippen MR) is 66.4 cm³/mol. The van der Waals surface area contributed by atoms with Crippen LogP contribution in [0.25, 0.3) is 11.8 Å². The Bertz CT molecular complexity index is 430. The molecule has 0 unspecified atom stereocenters. The molecule has 0 amide bonds. The molecule has 78 valence electrons. The van der Waals surface area contributed by atoms with Crippen molar-refractivity contribution in [1.82, 2.24) is 5.32 Å². The van der Waals surface area contributed by atoms with Crippen LogP contribution < -0.4 is 10.6 Å². The van der Waals surface area contributed by atoms with Crippen molar-refractivity contribution in [3.63, 3.8) is 0 Å². The number of rotatable bonds is 1. The first kappa shape index (κ1) is 9.84. The summed E-state index contributed by atoms with van der Waals surface area (Å²) in [7, 11) is 0. The van der Waals surface area contributed by atoms with Crippen LogP contribution in [0.1, 0.15) is 25.0 Å². The molecule has 0 aliphatic carbocycles. The molecule has 1 aliphatic rings. The largest absolute Gasteiger partial charge is 0.363 e. The van der Waals surface area contributed by atoms with Crippen LogP contribution in [0, 0.1) is 0 Å². The summed E-state index contributed by atoms with van der Waals surface area (Å²) in [6.07, 6.45) is 1.85. The van der Waals surface area contributed by atoms with Gasteiger partial charge in [0, 0.05) is 16.9 Å². The minimum atomic E-state index is -0.149. The lowest BCUT2D eigenvalue weighted by Crippen LogP contribution is -2.48. The highest BCUT2D eigenvalue weighted by Gasteiger charge is 2.26. The zero-order valence-electron chi connectivity index (χ0n) is 9.22. The minimum Gasteiger partial charge on any atom is -0.363 e. The second kappa shape index (κ2) is 3.16. The van der Waals surface area contributed by atoms with Crippen LogP contribution in [-0.4, -0.2) is 5.66 Å². The highest BCUT2D eigenvalue weighted by Crippen LogP contribution is 2.32. The van der Waals surface area contributed by atoms with E-state index >= 15 is 0 Å². The van der Waals surface area contributed by atoms with Gasteiger partial charge in [-0.05, 0) is 25.5 Å². The van der Waals surface area contributed by atoms with Crippen molar-refractivity contribution < 1.29 is 0 Å². The minimum absolute atomic E-state index is 0.149. The van der Waals surface area contributed by atoms with Crippen LogP contribution in [0.2, 0.25) is 0 Å². The van der Waals surface area contributed by atoms with Crippen LogP contribution in [0.3, 0.4) is 0 Å². The van der Waals surface area contributed by atoms with E-state index in [4.69, 9.17) is 0 Å². The van der Waals surface area contributed by atoms with Gasteiger partial charge in [0.25, 0.3) is 0 Å². The summed E-state index contributed by atoms with van der Waals surface area (Å²) < 4.78 is 0. The molecule has 1 aromatic rings. The molecule has 1 heterocycles.